The molecule has 0 aliphatic rings. The number of Topliss-reactive ketones (excluding diaryl/α,β-unsaturated/α-hetero) is 1. The van der Waals surface area contributed by atoms with Crippen molar-refractivity contribution >= 4 is 11.8 Å². The molecular weight excluding hydrogens is 312 g/mol. The summed E-state index contributed by atoms with van der Waals surface area (Å²) in [5, 5.41) is 0. The van der Waals surface area contributed by atoms with Crippen LogP contribution < -0.4 is 0 Å². The van der Waals surface area contributed by atoms with Crippen molar-refractivity contribution in [2.45, 2.75) is 123 Å². The molecule has 0 N–H and O–H groups in total. The van der Waals surface area contributed by atoms with Gasteiger partial charge in [-0.05, 0) is 12.8 Å². The van der Waals surface area contributed by atoms with Gasteiger partial charge in [0.2, 0.25) is 0 Å². The van der Waals surface area contributed by atoms with Crippen LogP contribution in [0.5, 0.6) is 0 Å². The van der Waals surface area contributed by atoms with Gasteiger partial charge in [-0.25, -0.2) is 0 Å². The molecule has 0 rings (SSSR count). The molecule has 0 aromatic carbocycles. The molecular formula is C22H42O3. The zero-order valence-electron chi connectivity index (χ0n) is 17.0. The fraction of sp³-hybridized carbons (Fsp3) is 0.909. The van der Waals surface area contributed by atoms with Crippen LogP contribution in [0.25, 0.3) is 0 Å². The fourth-order valence-corrected chi connectivity index (χ4v) is 3.06. The van der Waals surface area contributed by atoms with E-state index in [0.717, 1.165) is 19.3 Å². The van der Waals surface area contributed by atoms with E-state index < -0.39 is 0 Å². The highest BCUT2D eigenvalue weighted by atomic mass is 16.5. The molecule has 0 radical (unpaired) electrons. The topological polar surface area (TPSA) is 43.4 Å². The number of unbranched alkanes of at least 4 members (excludes halogenated alkanes) is 13. The van der Waals surface area contributed by atoms with Gasteiger partial charge in [0.15, 0.2) is 0 Å². The normalized spacial score (nSPS) is 10.8. The fourth-order valence-electron chi connectivity index (χ4n) is 3.06. The zero-order chi connectivity index (χ0) is 18.6. The van der Waals surface area contributed by atoms with E-state index in [0.29, 0.717) is 13.0 Å². The molecule has 0 saturated carbocycles. The summed E-state index contributed by atoms with van der Waals surface area (Å²) in [6.45, 7) is 4.68. The van der Waals surface area contributed by atoms with Gasteiger partial charge >= 0.3 is 5.97 Å². The molecule has 0 aromatic heterocycles. The van der Waals surface area contributed by atoms with E-state index in [1.165, 1.54) is 77.0 Å². The molecule has 0 aliphatic carbocycles. The summed E-state index contributed by atoms with van der Waals surface area (Å²) >= 11 is 0. The van der Waals surface area contributed by atoms with E-state index in [-0.39, 0.29) is 18.2 Å². The number of carbonyl (C=O) groups excluding carboxylic acids is 2. The van der Waals surface area contributed by atoms with Gasteiger partial charge in [0.05, 0.1) is 6.61 Å². The van der Waals surface area contributed by atoms with Gasteiger partial charge in [-0.1, -0.05) is 97.3 Å². The van der Waals surface area contributed by atoms with Gasteiger partial charge in [-0.3, -0.25) is 9.59 Å². The second kappa shape index (κ2) is 19.5. The number of hydrogen-bond donors (Lipinski definition) is 0. The third-order valence-corrected chi connectivity index (χ3v) is 4.63. The Balaban J connectivity index is 3.16. The van der Waals surface area contributed by atoms with E-state index in [9.17, 15) is 9.59 Å². The molecule has 148 valence electrons. The molecule has 0 bridgehead atoms. The Hall–Kier alpha value is -0.860. The minimum atomic E-state index is -0.354. The largest absolute Gasteiger partial charge is 0.465 e. The van der Waals surface area contributed by atoms with Gasteiger partial charge in [0.25, 0.3) is 0 Å². The van der Waals surface area contributed by atoms with Crippen LogP contribution >= 0.6 is 0 Å². The van der Waals surface area contributed by atoms with Crippen LogP contribution in [0.3, 0.4) is 0 Å². The molecule has 0 amide bonds. The van der Waals surface area contributed by atoms with Crippen LogP contribution in [0.2, 0.25) is 0 Å². The number of ketones is 1. The Morgan fingerprint density at radius 2 is 1.04 bits per heavy atom. The summed E-state index contributed by atoms with van der Waals surface area (Å²) < 4.78 is 5.11. The van der Waals surface area contributed by atoms with E-state index in [1.54, 1.807) is 0 Å². The first-order chi connectivity index (χ1) is 12.2. The van der Waals surface area contributed by atoms with E-state index >= 15 is 0 Å². The summed E-state index contributed by atoms with van der Waals surface area (Å²) in [7, 11) is 0. The van der Waals surface area contributed by atoms with Crippen LogP contribution in [0.4, 0.5) is 0 Å². The van der Waals surface area contributed by atoms with Crippen molar-refractivity contribution in [2.75, 3.05) is 6.61 Å². The Bertz CT molecular complexity index is 312. The lowest BCUT2D eigenvalue weighted by atomic mass is 10.0. The molecule has 0 heterocycles. The number of rotatable bonds is 19. The molecule has 0 saturated heterocycles. The van der Waals surface area contributed by atoms with Crippen molar-refractivity contribution in [3.63, 3.8) is 0 Å². The van der Waals surface area contributed by atoms with Crippen LogP contribution in [-0.2, 0) is 14.3 Å². The first-order valence-corrected chi connectivity index (χ1v) is 10.9. The number of hydrogen-bond acceptors (Lipinski definition) is 3. The summed E-state index contributed by atoms with van der Waals surface area (Å²) in [6.07, 6.45) is 19.7. The van der Waals surface area contributed by atoms with Gasteiger partial charge < -0.3 is 4.74 Å². The van der Waals surface area contributed by atoms with E-state index in [2.05, 4.69) is 6.92 Å². The van der Waals surface area contributed by atoms with Gasteiger partial charge in [-0.15, -0.1) is 0 Å². The molecule has 0 atom stereocenters. The summed E-state index contributed by atoms with van der Waals surface area (Å²) in [5.74, 6) is -0.360. The van der Waals surface area contributed by atoms with Crippen LogP contribution in [-0.4, -0.2) is 18.4 Å². The van der Waals surface area contributed by atoms with Crippen molar-refractivity contribution < 1.29 is 14.3 Å². The van der Waals surface area contributed by atoms with Gasteiger partial charge in [-0.2, -0.15) is 0 Å². The summed E-state index contributed by atoms with van der Waals surface area (Å²) in [6, 6.07) is 0. The third kappa shape index (κ3) is 19.3. The minimum Gasteiger partial charge on any atom is -0.465 e. The lowest BCUT2D eigenvalue weighted by Crippen LogP contribution is -2.11. The third-order valence-electron chi connectivity index (χ3n) is 4.63. The molecule has 25 heavy (non-hydrogen) atoms. The Kier molecular flexibility index (Phi) is 18.8. The second-order valence-corrected chi connectivity index (χ2v) is 7.28. The van der Waals surface area contributed by atoms with Crippen molar-refractivity contribution in [3.8, 4) is 0 Å². The molecule has 0 aliphatic heterocycles. The predicted octanol–water partition coefficient (Wildman–Crippen LogP) is 6.77. The Morgan fingerprint density at radius 1 is 0.600 bits per heavy atom. The average Bonchev–Trinajstić information content (AvgIpc) is 2.58. The Labute approximate surface area is 156 Å². The standard InChI is InChI=1S/C22H42O3/c1-3-5-6-7-8-9-10-11-12-13-14-15-16-17-19-25-22(24)20-21(23)18-4-2/h3-20H2,1-2H3. The SMILES string of the molecule is CCCCCCCCCCCCCCCCOC(=O)CC(=O)CCC. The maximum atomic E-state index is 11.4. The predicted molar refractivity (Wildman–Crippen MR) is 106 cm³/mol. The molecule has 0 aromatic rings. The monoisotopic (exact) mass is 354 g/mol. The lowest BCUT2D eigenvalue weighted by molar-refractivity contribution is -0.146. The summed E-state index contributed by atoms with van der Waals surface area (Å²) in [4.78, 5) is 22.7. The molecule has 0 fully saturated rings. The highest BCUT2D eigenvalue weighted by Crippen LogP contribution is 2.13. The quantitative estimate of drug-likeness (QED) is 0.146. The number of ether oxygens (including phenoxy) is 1. The Morgan fingerprint density at radius 3 is 1.48 bits per heavy atom. The van der Waals surface area contributed by atoms with Gasteiger partial charge in [0, 0.05) is 6.42 Å². The van der Waals surface area contributed by atoms with Crippen LogP contribution in [0, 0.1) is 0 Å². The van der Waals surface area contributed by atoms with Gasteiger partial charge in [0.1, 0.15) is 12.2 Å². The highest BCUT2D eigenvalue weighted by Gasteiger charge is 2.09. The molecule has 3 nitrogen and oxygen atoms in total. The number of carbonyl (C=O) groups is 2. The van der Waals surface area contributed by atoms with Crippen molar-refractivity contribution in [1.29, 1.82) is 0 Å². The maximum absolute atomic E-state index is 11.4. The van der Waals surface area contributed by atoms with Crippen molar-refractivity contribution in [1.82, 2.24) is 0 Å². The highest BCUT2D eigenvalue weighted by molar-refractivity contribution is 5.95. The van der Waals surface area contributed by atoms with Crippen LogP contribution in [0.15, 0.2) is 0 Å². The first kappa shape index (κ1) is 24.1. The summed E-state index contributed by atoms with van der Waals surface area (Å²) in [5.41, 5.74) is 0. The lowest BCUT2D eigenvalue weighted by Gasteiger charge is -2.05. The second-order valence-electron chi connectivity index (χ2n) is 7.28. The van der Waals surface area contributed by atoms with E-state index in [1.807, 2.05) is 6.92 Å². The van der Waals surface area contributed by atoms with Crippen LogP contribution in [0.1, 0.15) is 123 Å². The number of esters is 1. The molecule has 0 spiro atoms. The maximum Gasteiger partial charge on any atom is 0.313 e. The minimum absolute atomic E-state index is 0.00606. The molecule has 3 heteroatoms. The zero-order valence-corrected chi connectivity index (χ0v) is 17.0. The first-order valence-electron chi connectivity index (χ1n) is 10.9. The average molecular weight is 355 g/mol. The molecule has 0 unspecified atom stereocenters. The smallest absolute Gasteiger partial charge is 0.313 e. The van der Waals surface area contributed by atoms with Crippen molar-refractivity contribution in [2.24, 2.45) is 0 Å². The van der Waals surface area contributed by atoms with Crippen molar-refractivity contribution in [3.05, 3.63) is 0 Å². The van der Waals surface area contributed by atoms with E-state index in [4.69, 9.17) is 4.74 Å².